The zero-order chi connectivity index (χ0) is 15.5. The maximum atomic E-state index is 13.8. The van der Waals surface area contributed by atoms with Crippen LogP contribution in [0.2, 0.25) is 0 Å². The smallest absolute Gasteiger partial charge is 0.423 e. The third kappa shape index (κ3) is 3.20. The predicted octanol–water partition coefficient (Wildman–Crippen LogP) is 1.33. The Morgan fingerprint density at radius 2 is 1.64 bits per heavy atom. The molecule has 0 spiro atoms. The molecule has 0 bridgehead atoms. The lowest BCUT2D eigenvalue weighted by Crippen LogP contribution is -2.33. The average molecular weight is 302 g/mol. The first-order chi connectivity index (χ1) is 10.6. The Bertz CT molecular complexity index is 627. The first-order valence-corrected chi connectivity index (χ1v) is 7.09. The summed E-state index contributed by atoms with van der Waals surface area (Å²) in [6, 6.07) is 14.0. The Balaban J connectivity index is 1.68. The molecule has 1 heterocycles. The van der Waals surface area contributed by atoms with Gasteiger partial charge in [-0.25, -0.2) is 4.39 Å². The maximum Gasteiger partial charge on any atom is 0.491 e. The third-order valence-electron chi connectivity index (χ3n) is 3.74. The summed E-state index contributed by atoms with van der Waals surface area (Å²) in [5.41, 5.74) is 1.50. The molecule has 0 radical (unpaired) electrons. The van der Waals surface area contributed by atoms with E-state index in [1.54, 1.807) is 6.07 Å². The van der Waals surface area contributed by atoms with Crippen molar-refractivity contribution in [3.05, 3.63) is 65.5 Å². The minimum Gasteiger partial charge on any atom is -0.423 e. The van der Waals surface area contributed by atoms with Gasteiger partial charge in [-0.2, -0.15) is 0 Å². The molecule has 3 rings (SSSR count). The van der Waals surface area contributed by atoms with Crippen LogP contribution >= 0.6 is 0 Å². The SMILES string of the molecule is OB(O)c1ccc([C@H]2OC[C@@H](c3ccccc3)CO2)cc1F. The van der Waals surface area contributed by atoms with Crippen molar-refractivity contribution in [3.8, 4) is 0 Å². The first kappa shape index (κ1) is 15.2. The van der Waals surface area contributed by atoms with E-state index in [-0.39, 0.29) is 11.4 Å². The molecule has 1 saturated heterocycles. The topological polar surface area (TPSA) is 58.9 Å². The van der Waals surface area contributed by atoms with Gasteiger partial charge in [0.05, 0.1) is 13.2 Å². The van der Waals surface area contributed by atoms with Crippen molar-refractivity contribution in [2.24, 2.45) is 0 Å². The summed E-state index contributed by atoms with van der Waals surface area (Å²) < 4.78 is 25.1. The van der Waals surface area contributed by atoms with Gasteiger partial charge in [0.25, 0.3) is 0 Å². The molecule has 0 aromatic heterocycles. The molecular weight excluding hydrogens is 286 g/mol. The molecule has 2 aromatic rings. The van der Waals surface area contributed by atoms with Crippen molar-refractivity contribution >= 4 is 12.6 Å². The van der Waals surface area contributed by atoms with Crippen LogP contribution in [-0.2, 0) is 9.47 Å². The monoisotopic (exact) mass is 302 g/mol. The van der Waals surface area contributed by atoms with Crippen molar-refractivity contribution in [2.45, 2.75) is 12.2 Å². The van der Waals surface area contributed by atoms with Crippen molar-refractivity contribution in [1.29, 1.82) is 0 Å². The molecule has 1 aliphatic heterocycles. The van der Waals surface area contributed by atoms with E-state index >= 15 is 0 Å². The molecule has 4 nitrogen and oxygen atoms in total. The molecule has 1 fully saturated rings. The largest absolute Gasteiger partial charge is 0.491 e. The van der Waals surface area contributed by atoms with Gasteiger partial charge in [0, 0.05) is 16.9 Å². The highest BCUT2D eigenvalue weighted by molar-refractivity contribution is 6.58. The number of ether oxygens (including phenoxy) is 2. The molecule has 0 saturated carbocycles. The molecular formula is C16H16BFO4. The van der Waals surface area contributed by atoms with Crippen LogP contribution < -0.4 is 5.46 Å². The Labute approximate surface area is 128 Å². The summed E-state index contributed by atoms with van der Waals surface area (Å²) in [4.78, 5) is 0. The van der Waals surface area contributed by atoms with Crippen molar-refractivity contribution in [3.63, 3.8) is 0 Å². The standard InChI is InChI=1S/C16H16BFO4/c18-15-8-12(6-7-14(15)17(19)20)16-21-9-13(10-22-16)11-4-2-1-3-5-11/h1-8,13,16,19-20H,9-10H2/t13-,16+. The van der Waals surface area contributed by atoms with E-state index in [2.05, 4.69) is 0 Å². The zero-order valence-electron chi connectivity index (χ0n) is 11.9. The van der Waals surface area contributed by atoms with Crippen LogP contribution in [0.5, 0.6) is 0 Å². The van der Waals surface area contributed by atoms with Crippen LogP contribution in [0.15, 0.2) is 48.5 Å². The molecule has 2 aromatic carbocycles. The Hall–Kier alpha value is -1.73. The molecule has 2 N–H and O–H groups in total. The number of benzene rings is 2. The molecule has 114 valence electrons. The summed E-state index contributed by atoms with van der Waals surface area (Å²) in [5, 5.41) is 18.0. The lowest BCUT2D eigenvalue weighted by atomic mass is 9.79. The number of rotatable bonds is 3. The number of hydrogen-bond donors (Lipinski definition) is 2. The molecule has 0 unspecified atom stereocenters. The van der Waals surface area contributed by atoms with Crippen LogP contribution in [0.3, 0.4) is 0 Å². The van der Waals surface area contributed by atoms with Gasteiger partial charge in [-0.15, -0.1) is 0 Å². The number of hydrogen-bond acceptors (Lipinski definition) is 4. The van der Waals surface area contributed by atoms with E-state index in [1.807, 2.05) is 30.3 Å². The van der Waals surface area contributed by atoms with Crippen LogP contribution in [0, 0.1) is 5.82 Å². The van der Waals surface area contributed by atoms with Gasteiger partial charge in [-0.3, -0.25) is 0 Å². The van der Waals surface area contributed by atoms with Gasteiger partial charge in [-0.05, 0) is 11.6 Å². The fourth-order valence-corrected chi connectivity index (χ4v) is 2.51. The normalized spacial score (nSPS) is 21.6. The lowest BCUT2D eigenvalue weighted by molar-refractivity contribution is -0.191. The van der Waals surface area contributed by atoms with E-state index in [4.69, 9.17) is 19.5 Å². The molecule has 1 aliphatic rings. The van der Waals surface area contributed by atoms with Crippen LogP contribution in [0.25, 0.3) is 0 Å². The highest BCUT2D eigenvalue weighted by Crippen LogP contribution is 2.29. The Morgan fingerprint density at radius 1 is 0.955 bits per heavy atom. The summed E-state index contributed by atoms with van der Waals surface area (Å²) in [5.74, 6) is -0.536. The summed E-state index contributed by atoms with van der Waals surface area (Å²) in [6.45, 7) is 0.974. The van der Waals surface area contributed by atoms with E-state index in [1.165, 1.54) is 12.1 Å². The maximum absolute atomic E-state index is 13.8. The van der Waals surface area contributed by atoms with Crippen LogP contribution in [-0.4, -0.2) is 30.4 Å². The highest BCUT2D eigenvalue weighted by Gasteiger charge is 2.26. The third-order valence-corrected chi connectivity index (χ3v) is 3.74. The average Bonchev–Trinajstić information content (AvgIpc) is 2.55. The van der Waals surface area contributed by atoms with E-state index < -0.39 is 19.2 Å². The second kappa shape index (κ2) is 6.58. The molecule has 0 atom stereocenters. The molecule has 0 amide bonds. The van der Waals surface area contributed by atoms with Gasteiger partial charge in [0.1, 0.15) is 5.82 Å². The van der Waals surface area contributed by atoms with E-state index in [9.17, 15) is 4.39 Å². The summed E-state index contributed by atoms with van der Waals surface area (Å²) in [6.07, 6.45) is -0.639. The fourth-order valence-electron chi connectivity index (χ4n) is 2.51. The van der Waals surface area contributed by atoms with Gasteiger partial charge < -0.3 is 19.5 Å². The first-order valence-electron chi connectivity index (χ1n) is 7.09. The van der Waals surface area contributed by atoms with Gasteiger partial charge in [0.2, 0.25) is 0 Å². The molecule has 6 heteroatoms. The van der Waals surface area contributed by atoms with Gasteiger partial charge in [0.15, 0.2) is 6.29 Å². The van der Waals surface area contributed by atoms with Gasteiger partial charge >= 0.3 is 7.12 Å². The lowest BCUT2D eigenvalue weighted by Gasteiger charge is -2.30. The summed E-state index contributed by atoms with van der Waals surface area (Å²) in [7, 11) is -1.83. The Kier molecular flexibility index (Phi) is 4.54. The van der Waals surface area contributed by atoms with Gasteiger partial charge in [-0.1, -0.05) is 42.5 Å². The van der Waals surface area contributed by atoms with Crippen molar-refractivity contribution in [1.82, 2.24) is 0 Å². The number of halogens is 1. The quantitative estimate of drug-likeness (QED) is 0.840. The molecule has 0 aliphatic carbocycles. The summed E-state index contributed by atoms with van der Waals surface area (Å²) >= 11 is 0. The van der Waals surface area contributed by atoms with E-state index in [0.717, 1.165) is 5.56 Å². The van der Waals surface area contributed by atoms with Crippen molar-refractivity contribution < 1.29 is 23.9 Å². The van der Waals surface area contributed by atoms with Crippen LogP contribution in [0.1, 0.15) is 23.3 Å². The minimum absolute atomic E-state index is 0.154. The minimum atomic E-state index is -1.83. The molecule has 22 heavy (non-hydrogen) atoms. The second-order valence-electron chi connectivity index (χ2n) is 5.26. The predicted molar refractivity (Wildman–Crippen MR) is 80.1 cm³/mol. The second-order valence-corrected chi connectivity index (χ2v) is 5.26. The zero-order valence-corrected chi connectivity index (χ0v) is 11.9. The Morgan fingerprint density at radius 3 is 2.23 bits per heavy atom. The fraction of sp³-hybridized carbons (Fsp3) is 0.250. The van der Waals surface area contributed by atoms with Crippen molar-refractivity contribution in [2.75, 3.05) is 13.2 Å². The van der Waals surface area contributed by atoms with E-state index in [0.29, 0.717) is 18.8 Å². The van der Waals surface area contributed by atoms with Crippen LogP contribution in [0.4, 0.5) is 4.39 Å². The highest BCUT2D eigenvalue weighted by atomic mass is 19.1.